The van der Waals surface area contributed by atoms with Crippen LogP contribution in [-0.2, 0) is 4.79 Å². The molecule has 1 heterocycles. The van der Waals surface area contributed by atoms with Gasteiger partial charge in [0.1, 0.15) is 5.75 Å². The molecule has 0 saturated heterocycles. The molecule has 1 aromatic rings. The highest BCUT2D eigenvalue weighted by Crippen LogP contribution is 2.35. The lowest BCUT2D eigenvalue weighted by Gasteiger charge is -2.31. The van der Waals surface area contributed by atoms with Crippen molar-refractivity contribution in [2.75, 3.05) is 5.32 Å². The quantitative estimate of drug-likeness (QED) is 0.716. The summed E-state index contributed by atoms with van der Waals surface area (Å²) < 4.78 is 5.52. The Hall–Kier alpha value is -1.22. The van der Waals surface area contributed by atoms with Gasteiger partial charge in [-0.05, 0) is 26.0 Å². The van der Waals surface area contributed by atoms with Gasteiger partial charge in [-0.1, -0.05) is 11.6 Å². The van der Waals surface area contributed by atoms with Crippen LogP contribution >= 0.6 is 11.6 Å². The molecule has 0 unspecified atom stereocenters. The number of ether oxygens (including phenoxy) is 1. The number of hydrogen-bond acceptors (Lipinski definition) is 2. The van der Waals surface area contributed by atoms with Gasteiger partial charge >= 0.3 is 0 Å². The van der Waals surface area contributed by atoms with Crippen molar-refractivity contribution in [3.63, 3.8) is 0 Å². The molecule has 1 aromatic carbocycles. The molecular formula is C10H10ClNO2. The summed E-state index contributed by atoms with van der Waals surface area (Å²) in [5.74, 6) is 0.467. The molecule has 0 bridgehead atoms. The second kappa shape index (κ2) is 2.89. The molecule has 1 aliphatic rings. The molecule has 74 valence electrons. The molecule has 0 aromatic heterocycles. The zero-order valence-corrected chi connectivity index (χ0v) is 8.68. The highest BCUT2D eigenvalue weighted by atomic mass is 35.5. The lowest BCUT2D eigenvalue weighted by atomic mass is 10.1. The standard InChI is InChI=1S/C10H10ClNO2/c1-10(2)9(13)12-7-4-3-6(11)5-8(7)14-10/h3-5H,1-2H3,(H,12,13). The van der Waals surface area contributed by atoms with Gasteiger partial charge in [0.2, 0.25) is 0 Å². The molecule has 0 fully saturated rings. The Morgan fingerprint density at radius 2 is 2.14 bits per heavy atom. The van der Waals surface area contributed by atoms with Crippen LogP contribution in [-0.4, -0.2) is 11.5 Å². The number of amides is 1. The van der Waals surface area contributed by atoms with Crippen LogP contribution in [0.2, 0.25) is 5.02 Å². The molecular weight excluding hydrogens is 202 g/mol. The molecule has 1 aliphatic heterocycles. The minimum absolute atomic E-state index is 0.146. The maximum Gasteiger partial charge on any atom is 0.268 e. The van der Waals surface area contributed by atoms with Crippen molar-refractivity contribution < 1.29 is 9.53 Å². The van der Waals surface area contributed by atoms with Crippen molar-refractivity contribution in [1.82, 2.24) is 0 Å². The van der Waals surface area contributed by atoms with E-state index in [0.717, 1.165) is 0 Å². The van der Waals surface area contributed by atoms with E-state index in [1.165, 1.54) is 0 Å². The topological polar surface area (TPSA) is 38.3 Å². The van der Waals surface area contributed by atoms with Crippen LogP contribution in [0.4, 0.5) is 5.69 Å². The van der Waals surface area contributed by atoms with Crippen molar-refractivity contribution in [2.24, 2.45) is 0 Å². The predicted molar refractivity (Wildman–Crippen MR) is 54.8 cm³/mol. The van der Waals surface area contributed by atoms with E-state index in [2.05, 4.69) is 5.32 Å². The third-order valence-electron chi connectivity index (χ3n) is 2.10. The van der Waals surface area contributed by atoms with E-state index < -0.39 is 5.60 Å². The minimum Gasteiger partial charge on any atom is -0.476 e. The summed E-state index contributed by atoms with van der Waals surface area (Å²) in [4.78, 5) is 11.5. The van der Waals surface area contributed by atoms with Gasteiger partial charge in [-0.25, -0.2) is 0 Å². The molecule has 0 aliphatic carbocycles. The molecule has 0 atom stereocenters. The van der Waals surface area contributed by atoms with Crippen molar-refractivity contribution in [3.05, 3.63) is 23.2 Å². The van der Waals surface area contributed by atoms with E-state index in [9.17, 15) is 4.79 Å². The number of rotatable bonds is 0. The first-order chi connectivity index (χ1) is 6.49. The largest absolute Gasteiger partial charge is 0.476 e. The SMILES string of the molecule is CC1(C)Oc2cc(Cl)ccc2NC1=O. The third kappa shape index (κ3) is 1.44. The Bertz CT molecular complexity index is 401. The molecule has 0 radical (unpaired) electrons. The number of anilines is 1. The van der Waals surface area contributed by atoms with Gasteiger partial charge in [0.25, 0.3) is 5.91 Å². The van der Waals surface area contributed by atoms with Crippen molar-refractivity contribution in [3.8, 4) is 5.75 Å². The van der Waals surface area contributed by atoms with Crippen LogP contribution in [0.5, 0.6) is 5.75 Å². The van der Waals surface area contributed by atoms with Crippen LogP contribution in [0.3, 0.4) is 0 Å². The number of halogens is 1. The molecule has 1 N–H and O–H groups in total. The summed E-state index contributed by atoms with van der Waals surface area (Å²) in [6, 6.07) is 5.13. The van der Waals surface area contributed by atoms with Gasteiger partial charge in [-0.15, -0.1) is 0 Å². The fourth-order valence-electron chi connectivity index (χ4n) is 1.28. The smallest absolute Gasteiger partial charge is 0.268 e. The molecule has 0 saturated carbocycles. The fraction of sp³-hybridized carbons (Fsp3) is 0.300. The fourth-order valence-corrected chi connectivity index (χ4v) is 1.44. The Morgan fingerprint density at radius 1 is 1.43 bits per heavy atom. The molecule has 3 nitrogen and oxygen atoms in total. The number of benzene rings is 1. The Balaban J connectivity index is 2.46. The van der Waals surface area contributed by atoms with E-state index in [1.807, 2.05) is 0 Å². The second-order valence-corrected chi connectivity index (χ2v) is 4.14. The first kappa shape index (κ1) is 9.34. The summed E-state index contributed by atoms with van der Waals surface area (Å²) in [7, 11) is 0. The van der Waals surface area contributed by atoms with Crippen LogP contribution < -0.4 is 10.1 Å². The predicted octanol–water partition coefficient (Wildman–Crippen LogP) is 2.45. The maximum absolute atomic E-state index is 11.5. The van der Waals surface area contributed by atoms with Gasteiger partial charge in [-0.2, -0.15) is 0 Å². The highest BCUT2D eigenvalue weighted by molar-refractivity contribution is 6.30. The van der Waals surface area contributed by atoms with Gasteiger partial charge in [0.05, 0.1) is 5.69 Å². The Kier molecular flexibility index (Phi) is 1.93. The summed E-state index contributed by atoms with van der Waals surface area (Å²) >= 11 is 5.81. The number of carbonyl (C=O) groups is 1. The lowest BCUT2D eigenvalue weighted by molar-refractivity contribution is -0.129. The van der Waals surface area contributed by atoms with Gasteiger partial charge in [-0.3, -0.25) is 4.79 Å². The van der Waals surface area contributed by atoms with Crippen molar-refractivity contribution >= 4 is 23.2 Å². The van der Waals surface area contributed by atoms with Crippen molar-refractivity contribution in [2.45, 2.75) is 19.4 Å². The van der Waals surface area contributed by atoms with E-state index >= 15 is 0 Å². The van der Waals surface area contributed by atoms with E-state index in [1.54, 1.807) is 32.0 Å². The monoisotopic (exact) mass is 211 g/mol. The lowest BCUT2D eigenvalue weighted by Crippen LogP contribution is -2.45. The van der Waals surface area contributed by atoms with Gasteiger partial charge < -0.3 is 10.1 Å². The molecule has 1 amide bonds. The average Bonchev–Trinajstić information content (AvgIpc) is 2.07. The Morgan fingerprint density at radius 3 is 2.86 bits per heavy atom. The van der Waals surface area contributed by atoms with Crippen LogP contribution in [0, 0.1) is 0 Å². The number of hydrogen-bond donors (Lipinski definition) is 1. The summed E-state index contributed by atoms with van der Waals surface area (Å²) in [6.45, 7) is 3.43. The molecule has 2 rings (SSSR count). The summed E-state index contributed by atoms with van der Waals surface area (Å²) in [5.41, 5.74) is -0.170. The number of nitrogens with one attached hydrogen (secondary N) is 1. The van der Waals surface area contributed by atoms with Crippen LogP contribution in [0.1, 0.15) is 13.8 Å². The molecule has 14 heavy (non-hydrogen) atoms. The van der Waals surface area contributed by atoms with Crippen molar-refractivity contribution in [1.29, 1.82) is 0 Å². The average molecular weight is 212 g/mol. The molecule has 0 spiro atoms. The van der Waals surface area contributed by atoms with Gasteiger partial charge in [0, 0.05) is 11.1 Å². The number of carbonyl (C=O) groups excluding carboxylic acids is 1. The maximum atomic E-state index is 11.5. The summed E-state index contributed by atoms with van der Waals surface area (Å²) in [5, 5.41) is 3.35. The first-order valence-electron chi connectivity index (χ1n) is 4.29. The van der Waals surface area contributed by atoms with Crippen LogP contribution in [0.15, 0.2) is 18.2 Å². The van der Waals surface area contributed by atoms with E-state index in [4.69, 9.17) is 16.3 Å². The highest BCUT2D eigenvalue weighted by Gasteiger charge is 2.35. The third-order valence-corrected chi connectivity index (χ3v) is 2.34. The van der Waals surface area contributed by atoms with E-state index in [-0.39, 0.29) is 5.91 Å². The summed E-state index contributed by atoms with van der Waals surface area (Å²) in [6.07, 6.45) is 0. The zero-order valence-electron chi connectivity index (χ0n) is 7.93. The van der Waals surface area contributed by atoms with E-state index in [0.29, 0.717) is 16.5 Å². The molecule has 4 heteroatoms. The zero-order chi connectivity index (χ0) is 10.3. The normalized spacial score (nSPS) is 18.1. The number of fused-ring (bicyclic) bond motifs is 1. The Labute approximate surface area is 87.0 Å². The van der Waals surface area contributed by atoms with Gasteiger partial charge in [0.15, 0.2) is 5.60 Å². The minimum atomic E-state index is -0.836. The first-order valence-corrected chi connectivity index (χ1v) is 4.67. The second-order valence-electron chi connectivity index (χ2n) is 3.71. The van der Waals surface area contributed by atoms with Crippen LogP contribution in [0.25, 0.3) is 0 Å².